The highest BCUT2D eigenvalue weighted by molar-refractivity contribution is 8.74. The van der Waals surface area contributed by atoms with Gasteiger partial charge in [-0.15, -0.1) is 0 Å². The summed E-state index contributed by atoms with van der Waals surface area (Å²) in [6.07, 6.45) is -7.98. The molecule has 0 N–H and O–H groups in total. The van der Waals surface area contributed by atoms with Crippen molar-refractivity contribution < 1.29 is 27.2 Å². The highest BCUT2D eigenvalue weighted by atomic mass is 32.8. The van der Waals surface area contributed by atoms with Gasteiger partial charge in [-0.05, 0) is 46.2 Å². The molecule has 0 spiro atoms. The van der Waals surface area contributed by atoms with Crippen LogP contribution in [0.1, 0.15) is 24.4 Å². The molecule has 0 bridgehead atoms. The zero-order valence-electron chi connectivity index (χ0n) is 55.8. The van der Waals surface area contributed by atoms with E-state index in [-0.39, 0.29) is 25.4 Å². The smallest absolute Gasteiger partial charge is 0.130 e. The maximum atomic E-state index is 6.69. The Morgan fingerprint density at radius 2 is 0.392 bits per heavy atom. The van der Waals surface area contributed by atoms with Crippen LogP contribution in [-0.4, -0.2) is 25.4 Å². The first-order valence-corrected chi connectivity index (χ1v) is 50.6. The fraction of sp³-hybridized carbons (Fsp3) is 0.0952. The highest BCUT2D eigenvalue weighted by Crippen LogP contribution is 2.78. The Balaban J connectivity index is 0.000000146. The molecule has 12 aromatic carbocycles. The molecular formula is C84H76O6P6S6. The van der Waals surface area contributed by atoms with E-state index in [2.05, 4.69) is 146 Å². The molecule has 2 heterocycles. The Morgan fingerprint density at radius 1 is 0.225 bits per heavy atom. The van der Waals surface area contributed by atoms with Crippen LogP contribution in [0.5, 0.6) is 0 Å². The van der Waals surface area contributed by atoms with Crippen molar-refractivity contribution in [2.75, 3.05) is 13.2 Å². The number of rotatable bonds is 25. The van der Waals surface area contributed by atoms with Gasteiger partial charge in [0.25, 0.3) is 0 Å². The van der Waals surface area contributed by atoms with E-state index >= 15 is 0 Å². The molecule has 13 aromatic rings. The molecular weight excluding hydrogens is 1480 g/mol. The molecule has 14 rings (SSSR count). The van der Waals surface area contributed by atoms with Crippen LogP contribution in [0.2, 0.25) is 0 Å². The van der Waals surface area contributed by atoms with Crippen LogP contribution < -0.4 is 63.7 Å². The maximum Gasteiger partial charge on any atom is 0.130 e. The number of furan rings is 1. The fourth-order valence-corrected chi connectivity index (χ4v) is 38.4. The maximum absolute atomic E-state index is 6.69. The zero-order valence-corrected chi connectivity index (χ0v) is 66.0. The van der Waals surface area contributed by atoms with Crippen molar-refractivity contribution in [3.05, 3.63) is 388 Å². The quantitative estimate of drug-likeness (QED) is 0.0512. The summed E-state index contributed by atoms with van der Waals surface area (Å²) >= 11 is 38.1. The average Bonchev–Trinajstić information content (AvgIpc) is 1.25. The molecule has 102 heavy (non-hydrogen) atoms. The molecule has 514 valence electrons. The second-order valence-electron chi connectivity index (χ2n) is 23.8. The summed E-state index contributed by atoms with van der Waals surface area (Å²) in [4.78, 5) is 0. The lowest BCUT2D eigenvalue weighted by Crippen LogP contribution is -2.25. The predicted octanol–water partition coefficient (Wildman–Crippen LogP) is 17.2. The molecule has 0 saturated carbocycles. The summed E-state index contributed by atoms with van der Waals surface area (Å²) in [7, 11) is 0. The second-order valence-corrected chi connectivity index (χ2v) is 52.5. The van der Waals surface area contributed by atoms with Gasteiger partial charge >= 0.3 is 0 Å². The summed E-state index contributed by atoms with van der Waals surface area (Å²) in [6.45, 7) is 1.46. The first-order chi connectivity index (χ1) is 49.8. The SMILES string of the molecule is S=P(OCC1CCC(COP(=S)(c2ccccc2)c2ccccc2)O1)(c1ccccc1)c1ccccc1.S=P(OCc1ccc(COP(=S)(c2ccccc2)c2ccccc2)o1)(c1ccccc1)c1ccccc1.S=P(c1ccccc1)(c1ccccc1)P(=S)(c1ccccc1)c1ccccc1. The van der Waals surface area contributed by atoms with Gasteiger partial charge in [0.1, 0.15) is 49.8 Å². The lowest BCUT2D eigenvalue weighted by molar-refractivity contribution is 0.00208. The largest absolute Gasteiger partial charge is 0.461 e. The monoisotopic (exact) mass is 1560 g/mol. The van der Waals surface area contributed by atoms with E-state index in [0.29, 0.717) is 24.7 Å². The molecule has 18 heteroatoms. The van der Waals surface area contributed by atoms with E-state index in [4.69, 9.17) is 98.1 Å². The van der Waals surface area contributed by atoms with Gasteiger partial charge in [0.15, 0.2) is 0 Å². The molecule has 6 nitrogen and oxygen atoms in total. The van der Waals surface area contributed by atoms with Crippen LogP contribution in [0.15, 0.2) is 381 Å². The van der Waals surface area contributed by atoms with Crippen LogP contribution in [0.3, 0.4) is 0 Å². The molecule has 2 atom stereocenters. The fourth-order valence-electron chi connectivity index (χ4n) is 11.9. The van der Waals surface area contributed by atoms with Crippen molar-refractivity contribution >= 4 is 171 Å². The van der Waals surface area contributed by atoms with E-state index in [1.807, 2.05) is 231 Å². The number of hydrogen-bond acceptors (Lipinski definition) is 12. The summed E-state index contributed by atoms with van der Waals surface area (Å²) in [6, 6.07) is 127. The normalized spacial score (nSPS) is 14.1. The van der Waals surface area contributed by atoms with Crippen molar-refractivity contribution in [3.8, 4) is 0 Å². The molecule has 0 radical (unpaired) electrons. The Kier molecular flexibility index (Phi) is 26.6. The van der Waals surface area contributed by atoms with Gasteiger partial charge in [-0.1, -0.05) is 435 Å². The summed E-state index contributed by atoms with van der Waals surface area (Å²) in [5.74, 6) is 1.40. The van der Waals surface area contributed by atoms with E-state index in [9.17, 15) is 0 Å². The molecule has 0 aliphatic carbocycles. The third kappa shape index (κ3) is 17.8. The van der Waals surface area contributed by atoms with Gasteiger partial charge < -0.3 is 27.2 Å². The molecule has 2 unspecified atom stereocenters. The average molecular weight is 1560 g/mol. The van der Waals surface area contributed by atoms with Gasteiger partial charge in [-0.25, -0.2) is 0 Å². The van der Waals surface area contributed by atoms with Gasteiger partial charge in [-0.2, -0.15) is 0 Å². The van der Waals surface area contributed by atoms with Crippen molar-refractivity contribution in [2.45, 2.75) is 38.3 Å². The highest BCUT2D eigenvalue weighted by Gasteiger charge is 2.41. The minimum atomic E-state index is -2.47. The second kappa shape index (κ2) is 36.1. The Bertz CT molecular complexity index is 4470. The van der Waals surface area contributed by atoms with Crippen LogP contribution in [0.4, 0.5) is 0 Å². The lowest BCUT2D eigenvalue weighted by Gasteiger charge is -2.37. The van der Waals surface area contributed by atoms with Crippen molar-refractivity contribution in [3.63, 3.8) is 0 Å². The summed E-state index contributed by atoms with van der Waals surface area (Å²) in [5.41, 5.74) is -4.66. The van der Waals surface area contributed by atoms with Crippen LogP contribution >= 0.6 is 36.5 Å². The Hall–Kier alpha value is -6.38. The third-order valence-corrected chi connectivity index (χ3v) is 51.1. The van der Waals surface area contributed by atoms with Gasteiger partial charge in [-0.3, -0.25) is 0 Å². The molecule has 1 saturated heterocycles. The first-order valence-electron chi connectivity index (χ1n) is 33.4. The first kappa shape index (κ1) is 75.3. The predicted molar refractivity (Wildman–Crippen MR) is 457 cm³/mol. The zero-order chi connectivity index (χ0) is 70.6. The van der Waals surface area contributed by atoms with Crippen molar-refractivity contribution in [2.24, 2.45) is 0 Å². The standard InChI is InChI=1S/C30H30O3P2S2.C30H26O3P2S2.C24H20P2S2/c2*36-34(27-13-5-1-6-14-27,28-15-7-2-8-16-28)31-23-25-21-22-26(33-25)24-32-35(37,29-17-9-3-10-18-29)30-19-11-4-12-20-30;27-25(21-13-5-1-6-14-21,22-15-7-2-8-16-22)26(28,23-17-9-3-10-18-23)24-19-11-4-12-20-24/h1-20,25-26H,21-24H2;1-22H,23-24H2;1-20H. The molecule has 0 amide bonds. The van der Waals surface area contributed by atoms with E-state index in [1.54, 1.807) is 0 Å². The van der Waals surface area contributed by atoms with Gasteiger partial charge in [0.05, 0.1) is 25.4 Å². The molecule has 1 aliphatic rings. The Labute approximate surface area is 631 Å². The minimum Gasteiger partial charge on any atom is -0.461 e. The summed E-state index contributed by atoms with van der Waals surface area (Å²) in [5, 5.41) is 13.0. The topological polar surface area (TPSA) is 59.3 Å². The van der Waals surface area contributed by atoms with Crippen molar-refractivity contribution in [1.82, 2.24) is 0 Å². The van der Waals surface area contributed by atoms with Crippen LogP contribution in [0, 0.1) is 0 Å². The number of benzene rings is 12. The molecule has 1 aromatic heterocycles. The number of ether oxygens (including phenoxy) is 1. The van der Waals surface area contributed by atoms with E-state index in [0.717, 1.165) is 55.3 Å². The van der Waals surface area contributed by atoms with Crippen molar-refractivity contribution in [1.29, 1.82) is 0 Å². The third-order valence-electron chi connectivity index (χ3n) is 17.2. The van der Waals surface area contributed by atoms with Gasteiger partial charge in [0.2, 0.25) is 0 Å². The van der Waals surface area contributed by atoms with E-state index in [1.165, 1.54) is 21.2 Å². The summed E-state index contributed by atoms with van der Waals surface area (Å²) < 4.78 is 38.6. The minimum absolute atomic E-state index is 0.0188. The Morgan fingerprint density at radius 3 is 0.578 bits per heavy atom. The van der Waals surface area contributed by atoms with E-state index < -0.39 is 36.5 Å². The molecule has 1 aliphatic heterocycles. The lowest BCUT2D eigenvalue weighted by atomic mass is 10.2. The van der Waals surface area contributed by atoms with Crippen LogP contribution in [-0.2, 0) is 107 Å². The number of hydrogen-bond donors (Lipinski definition) is 0. The van der Waals surface area contributed by atoms with Gasteiger partial charge in [0, 0.05) is 53.9 Å². The molecule has 1 fully saturated rings. The van der Waals surface area contributed by atoms with Crippen LogP contribution in [0.25, 0.3) is 0 Å².